The average Bonchev–Trinajstić information content (AvgIpc) is 2.43. The van der Waals surface area contributed by atoms with Crippen LogP contribution in [0.2, 0.25) is 0 Å². The number of esters is 2. The molecular weight excluding hydrogens is 312 g/mol. The number of hydrogen-bond donors (Lipinski definition) is 0. The van der Waals surface area contributed by atoms with Crippen LogP contribution >= 0.6 is 0 Å². The summed E-state index contributed by atoms with van der Waals surface area (Å²) in [6, 6.07) is 0. The van der Waals surface area contributed by atoms with Gasteiger partial charge < -0.3 is 14.2 Å². The van der Waals surface area contributed by atoms with E-state index in [0.29, 0.717) is 13.1 Å². The van der Waals surface area contributed by atoms with Crippen molar-refractivity contribution in [3.8, 4) is 0 Å². The summed E-state index contributed by atoms with van der Waals surface area (Å²) < 4.78 is 15.6. The Hall–Kier alpha value is -1.59. The molecule has 0 saturated carbocycles. The molecule has 3 atom stereocenters. The summed E-state index contributed by atoms with van der Waals surface area (Å²) in [5.41, 5.74) is -1.04. The Labute approximate surface area is 145 Å². The molecule has 0 aromatic heterocycles. The fourth-order valence-electron chi connectivity index (χ4n) is 1.70. The van der Waals surface area contributed by atoms with E-state index in [1.165, 1.54) is 0 Å². The number of rotatable bonds is 9. The van der Waals surface area contributed by atoms with Gasteiger partial charge in [-0.05, 0) is 33.1 Å². The van der Waals surface area contributed by atoms with E-state index in [1.807, 2.05) is 27.7 Å². The zero-order valence-corrected chi connectivity index (χ0v) is 16.2. The highest BCUT2D eigenvalue weighted by Crippen LogP contribution is 2.24. The molecule has 0 aliphatic carbocycles. The Morgan fingerprint density at radius 1 is 1.04 bits per heavy atom. The van der Waals surface area contributed by atoms with Crippen molar-refractivity contribution in [3.05, 3.63) is 0 Å². The van der Waals surface area contributed by atoms with E-state index >= 15 is 0 Å². The van der Waals surface area contributed by atoms with Crippen LogP contribution in [0.3, 0.4) is 0 Å². The minimum atomic E-state index is -0.951. The van der Waals surface area contributed by atoms with Crippen molar-refractivity contribution in [2.24, 2.45) is 17.3 Å². The molecule has 0 fully saturated rings. The zero-order valence-electron chi connectivity index (χ0n) is 16.2. The van der Waals surface area contributed by atoms with Crippen molar-refractivity contribution in [2.75, 3.05) is 6.61 Å². The van der Waals surface area contributed by atoms with Gasteiger partial charge in [-0.3, -0.25) is 14.4 Å². The molecule has 0 aromatic carbocycles. The van der Waals surface area contributed by atoms with Crippen LogP contribution in [0.5, 0.6) is 0 Å². The van der Waals surface area contributed by atoms with Crippen molar-refractivity contribution < 1.29 is 28.6 Å². The van der Waals surface area contributed by atoms with Crippen LogP contribution in [-0.4, -0.2) is 36.7 Å². The average molecular weight is 344 g/mol. The fourth-order valence-corrected chi connectivity index (χ4v) is 1.70. The third-order valence-corrected chi connectivity index (χ3v) is 4.01. The van der Waals surface area contributed by atoms with Gasteiger partial charge in [-0.25, -0.2) is 0 Å². The summed E-state index contributed by atoms with van der Waals surface area (Å²) >= 11 is 0. The number of ether oxygens (including phenoxy) is 3. The third-order valence-electron chi connectivity index (χ3n) is 4.01. The number of carbonyl (C=O) groups excluding carboxylic acids is 3. The molecule has 0 bridgehead atoms. The summed E-state index contributed by atoms with van der Waals surface area (Å²) in [7, 11) is 0. The van der Waals surface area contributed by atoms with Gasteiger partial charge in [-0.2, -0.15) is 0 Å². The maximum atomic E-state index is 12.2. The lowest BCUT2D eigenvalue weighted by Crippen LogP contribution is -2.40. The zero-order chi connectivity index (χ0) is 19.1. The lowest BCUT2D eigenvalue weighted by molar-refractivity contribution is -0.169. The smallest absolute Gasteiger partial charge is 0.312 e. The lowest BCUT2D eigenvalue weighted by atomic mass is 9.92. The molecule has 6 heteroatoms. The SMILES string of the molecule is CC(CC(=O)OCC(C)(C)C)C(C)OC(=O)C(C)C(C)(C)OC=O. The van der Waals surface area contributed by atoms with Crippen molar-refractivity contribution >= 4 is 18.4 Å². The molecule has 24 heavy (non-hydrogen) atoms. The summed E-state index contributed by atoms with van der Waals surface area (Å²) in [5.74, 6) is -1.57. The Bertz CT molecular complexity index is 435. The number of carbonyl (C=O) groups is 3. The van der Waals surface area contributed by atoms with Gasteiger partial charge in [0.1, 0.15) is 11.7 Å². The second-order valence-corrected chi connectivity index (χ2v) is 8.08. The van der Waals surface area contributed by atoms with E-state index in [9.17, 15) is 14.4 Å². The Morgan fingerprint density at radius 3 is 2.04 bits per heavy atom. The molecule has 3 unspecified atom stereocenters. The van der Waals surface area contributed by atoms with Crippen LogP contribution in [-0.2, 0) is 28.6 Å². The topological polar surface area (TPSA) is 78.9 Å². The molecular formula is C18H32O6. The van der Waals surface area contributed by atoms with E-state index < -0.39 is 23.6 Å². The first-order valence-electron chi connectivity index (χ1n) is 8.27. The summed E-state index contributed by atoms with van der Waals surface area (Å²) in [4.78, 5) is 34.5. The molecule has 6 nitrogen and oxygen atoms in total. The van der Waals surface area contributed by atoms with Gasteiger partial charge in [0.15, 0.2) is 0 Å². The molecule has 0 amide bonds. The molecule has 140 valence electrons. The van der Waals surface area contributed by atoms with Gasteiger partial charge in [0.2, 0.25) is 0 Å². The van der Waals surface area contributed by atoms with E-state index in [1.54, 1.807) is 27.7 Å². The quantitative estimate of drug-likeness (QED) is 0.363. The summed E-state index contributed by atoms with van der Waals surface area (Å²) in [5, 5.41) is 0. The van der Waals surface area contributed by atoms with Crippen molar-refractivity contribution in [1.29, 1.82) is 0 Å². The monoisotopic (exact) mass is 344 g/mol. The molecule has 0 spiro atoms. The first kappa shape index (κ1) is 22.4. The van der Waals surface area contributed by atoms with E-state index in [0.717, 1.165) is 0 Å². The van der Waals surface area contributed by atoms with Gasteiger partial charge in [-0.1, -0.05) is 27.7 Å². The molecule has 0 aliphatic rings. The Balaban J connectivity index is 4.49. The van der Waals surface area contributed by atoms with E-state index in [-0.39, 0.29) is 23.7 Å². The molecule has 0 N–H and O–H groups in total. The normalized spacial score (nSPS) is 15.8. The highest BCUT2D eigenvalue weighted by Gasteiger charge is 2.35. The predicted molar refractivity (Wildman–Crippen MR) is 90.1 cm³/mol. The van der Waals surface area contributed by atoms with E-state index in [4.69, 9.17) is 14.2 Å². The van der Waals surface area contributed by atoms with Gasteiger partial charge in [0.05, 0.1) is 18.9 Å². The van der Waals surface area contributed by atoms with Crippen LogP contribution in [0, 0.1) is 17.3 Å². The Morgan fingerprint density at radius 2 is 1.58 bits per heavy atom. The van der Waals surface area contributed by atoms with Gasteiger partial charge >= 0.3 is 11.9 Å². The van der Waals surface area contributed by atoms with Crippen LogP contribution in [0.4, 0.5) is 0 Å². The van der Waals surface area contributed by atoms with Gasteiger partial charge in [0.25, 0.3) is 6.47 Å². The number of hydrogen-bond acceptors (Lipinski definition) is 6. The largest absolute Gasteiger partial charge is 0.465 e. The molecule has 0 radical (unpaired) electrons. The first-order valence-corrected chi connectivity index (χ1v) is 8.27. The van der Waals surface area contributed by atoms with Gasteiger partial charge in [-0.15, -0.1) is 0 Å². The minimum absolute atomic E-state index is 0.0867. The maximum Gasteiger partial charge on any atom is 0.312 e. The fraction of sp³-hybridized carbons (Fsp3) is 0.833. The molecule has 0 rings (SSSR count). The second kappa shape index (κ2) is 9.04. The van der Waals surface area contributed by atoms with Gasteiger partial charge in [0, 0.05) is 5.92 Å². The van der Waals surface area contributed by atoms with Crippen LogP contribution in [0.25, 0.3) is 0 Å². The summed E-state index contributed by atoms with van der Waals surface area (Å²) in [6.45, 7) is 15.1. The summed E-state index contributed by atoms with van der Waals surface area (Å²) in [6.07, 6.45) is -0.276. The maximum absolute atomic E-state index is 12.2. The minimum Gasteiger partial charge on any atom is -0.465 e. The van der Waals surface area contributed by atoms with Crippen LogP contribution < -0.4 is 0 Å². The lowest BCUT2D eigenvalue weighted by Gasteiger charge is -2.30. The van der Waals surface area contributed by atoms with Crippen molar-refractivity contribution in [1.82, 2.24) is 0 Å². The Kier molecular flexibility index (Phi) is 8.44. The second-order valence-electron chi connectivity index (χ2n) is 8.08. The van der Waals surface area contributed by atoms with E-state index in [2.05, 4.69) is 0 Å². The third kappa shape index (κ3) is 8.31. The van der Waals surface area contributed by atoms with Crippen molar-refractivity contribution in [3.63, 3.8) is 0 Å². The van der Waals surface area contributed by atoms with Crippen LogP contribution in [0.15, 0.2) is 0 Å². The standard InChI is InChI=1S/C18H32O6/c1-12(9-15(20)22-10-17(4,5)6)14(3)24-16(21)13(2)18(7,8)23-11-19/h11-14H,9-10H2,1-8H3. The molecule has 0 aliphatic heterocycles. The molecule has 0 aromatic rings. The molecule has 0 heterocycles. The predicted octanol–water partition coefficient (Wildman–Crippen LogP) is 3.12. The first-order chi connectivity index (χ1) is 10.8. The highest BCUT2D eigenvalue weighted by molar-refractivity contribution is 5.74. The van der Waals surface area contributed by atoms with Crippen LogP contribution in [0.1, 0.15) is 61.8 Å². The highest BCUT2D eigenvalue weighted by atomic mass is 16.6. The molecule has 0 saturated heterocycles. The van der Waals surface area contributed by atoms with Crippen molar-refractivity contribution in [2.45, 2.75) is 73.5 Å².